The van der Waals surface area contributed by atoms with E-state index in [1.807, 2.05) is 16.5 Å². The van der Waals surface area contributed by atoms with E-state index in [0.29, 0.717) is 24.8 Å². The van der Waals surface area contributed by atoms with Gasteiger partial charge in [0.05, 0.1) is 17.1 Å². The topological polar surface area (TPSA) is 78.7 Å². The first kappa shape index (κ1) is 20.0. The fraction of sp³-hybridized carbons (Fsp3) is 0.591. The number of fused-ring (bicyclic) bond motifs is 1. The summed E-state index contributed by atoms with van der Waals surface area (Å²) in [7, 11) is 1.86. The number of aromatic nitrogens is 2. The molecule has 160 valence electrons. The molecule has 2 heterocycles. The normalized spacial score (nSPS) is 25.2. The highest BCUT2D eigenvalue weighted by atomic mass is 79.9. The van der Waals surface area contributed by atoms with Gasteiger partial charge in [-0.2, -0.15) is 0 Å². The number of amides is 2. The molecule has 1 aromatic heterocycles. The lowest BCUT2D eigenvalue weighted by Gasteiger charge is -2.41. The quantitative estimate of drug-likeness (QED) is 0.741. The molecule has 5 rings (SSSR count). The molecule has 2 aliphatic carbocycles. The summed E-state index contributed by atoms with van der Waals surface area (Å²) in [6, 6.07) is 4.42. The summed E-state index contributed by atoms with van der Waals surface area (Å²) in [5.74, 6) is 0.784. The number of carbonyl (C=O) groups is 2. The van der Waals surface area contributed by atoms with Crippen LogP contribution < -0.4 is 0 Å². The first-order chi connectivity index (χ1) is 14.4. The number of piperazine rings is 1. The van der Waals surface area contributed by atoms with Crippen molar-refractivity contribution in [3.05, 3.63) is 28.0 Å². The minimum atomic E-state index is -0.239. The van der Waals surface area contributed by atoms with Crippen molar-refractivity contribution >= 4 is 38.8 Å². The number of halogens is 1. The van der Waals surface area contributed by atoms with Gasteiger partial charge in [-0.15, -0.1) is 0 Å². The number of imidazole rings is 1. The van der Waals surface area contributed by atoms with E-state index in [9.17, 15) is 14.7 Å². The number of hydrogen-bond acceptors (Lipinski definition) is 4. The molecule has 0 radical (unpaired) electrons. The van der Waals surface area contributed by atoms with E-state index in [4.69, 9.17) is 0 Å². The highest BCUT2D eigenvalue weighted by Crippen LogP contribution is 2.42. The molecule has 0 bridgehead atoms. The van der Waals surface area contributed by atoms with Crippen molar-refractivity contribution in [3.8, 4) is 0 Å². The van der Waals surface area contributed by atoms with Gasteiger partial charge >= 0.3 is 0 Å². The summed E-state index contributed by atoms with van der Waals surface area (Å²) in [6.45, 7) is 1.15. The van der Waals surface area contributed by atoms with Gasteiger partial charge in [0.2, 0.25) is 5.91 Å². The summed E-state index contributed by atoms with van der Waals surface area (Å²) in [4.78, 5) is 34.2. The number of rotatable bonds is 3. The molecule has 2 saturated carbocycles. The number of aliphatic hydroxyl groups is 1. The summed E-state index contributed by atoms with van der Waals surface area (Å²) in [6.07, 6.45) is 5.35. The van der Waals surface area contributed by atoms with Gasteiger partial charge < -0.3 is 19.5 Å². The van der Waals surface area contributed by atoms with Gasteiger partial charge in [0.25, 0.3) is 5.91 Å². The lowest BCUT2D eigenvalue weighted by Crippen LogP contribution is -2.56. The molecule has 3 aliphatic rings. The second kappa shape index (κ2) is 7.64. The predicted molar refractivity (Wildman–Crippen MR) is 116 cm³/mol. The molecule has 3 fully saturated rings. The second-order valence-electron chi connectivity index (χ2n) is 8.92. The Morgan fingerprint density at radius 1 is 1.13 bits per heavy atom. The molecule has 0 atom stereocenters. The monoisotopic (exact) mass is 474 g/mol. The zero-order valence-corrected chi connectivity index (χ0v) is 18.8. The minimum absolute atomic E-state index is 0.00745. The van der Waals surface area contributed by atoms with Crippen LogP contribution in [0.3, 0.4) is 0 Å². The molecule has 7 nitrogen and oxygen atoms in total. The average Bonchev–Trinajstić information content (AvgIpc) is 3.52. The van der Waals surface area contributed by atoms with E-state index in [1.54, 1.807) is 4.90 Å². The van der Waals surface area contributed by atoms with E-state index >= 15 is 0 Å². The zero-order valence-electron chi connectivity index (χ0n) is 17.2. The SMILES string of the molecule is Cn1c(C(=O)N2CCN([C@H]3CC[C@H](O)CC3)C(=O)C2)nc2cc(C3CC3)cc(Br)c21. The molecule has 0 spiro atoms. The third kappa shape index (κ3) is 3.54. The maximum absolute atomic E-state index is 13.2. The second-order valence-corrected chi connectivity index (χ2v) is 9.77. The number of carbonyl (C=O) groups excluding carboxylic acids is 2. The van der Waals surface area contributed by atoms with E-state index in [0.717, 1.165) is 41.2 Å². The molecule has 1 aromatic carbocycles. The molecule has 30 heavy (non-hydrogen) atoms. The Morgan fingerprint density at radius 3 is 2.53 bits per heavy atom. The van der Waals surface area contributed by atoms with Gasteiger partial charge in [0.15, 0.2) is 5.82 Å². The maximum Gasteiger partial charge on any atom is 0.290 e. The van der Waals surface area contributed by atoms with Crippen molar-refractivity contribution in [1.29, 1.82) is 0 Å². The van der Waals surface area contributed by atoms with E-state index in [-0.39, 0.29) is 30.5 Å². The molecule has 2 amide bonds. The first-order valence-electron chi connectivity index (χ1n) is 10.8. The van der Waals surface area contributed by atoms with Gasteiger partial charge in [-0.1, -0.05) is 0 Å². The third-order valence-corrected chi connectivity index (χ3v) is 7.44. The predicted octanol–water partition coefficient (Wildman–Crippen LogP) is 2.80. The van der Waals surface area contributed by atoms with Crippen LogP contribution in [-0.2, 0) is 11.8 Å². The van der Waals surface area contributed by atoms with Crippen LogP contribution in [-0.4, -0.2) is 68.1 Å². The van der Waals surface area contributed by atoms with Crippen LogP contribution in [0.5, 0.6) is 0 Å². The maximum atomic E-state index is 13.2. The van der Waals surface area contributed by atoms with Gasteiger partial charge in [-0.05, 0) is 78.1 Å². The standard InChI is InChI=1S/C22H27BrN4O3/c1-25-20-17(23)10-14(13-2-3-13)11-18(20)24-21(25)22(30)26-8-9-27(19(29)12-26)15-4-6-16(28)7-5-15/h10-11,13,15-16,28H,2-9,12H2,1H3/t15-,16-. The van der Waals surface area contributed by atoms with Gasteiger partial charge in [-0.3, -0.25) is 9.59 Å². The molecule has 1 aliphatic heterocycles. The number of hydrogen-bond donors (Lipinski definition) is 1. The Bertz CT molecular complexity index is 1010. The Labute approximate surface area is 184 Å². The van der Waals surface area contributed by atoms with Crippen LogP contribution in [0.15, 0.2) is 16.6 Å². The third-order valence-electron chi connectivity index (χ3n) is 6.84. The molecule has 1 saturated heterocycles. The lowest BCUT2D eigenvalue weighted by atomic mass is 9.91. The first-order valence-corrected chi connectivity index (χ1v) is 11.6. The van der Waals surface area contributed by atoms with E-state index in [2.05, 4.69) is 33.0 Å². The molecule has 0 unspecified atom stereocenters. The Balaban J connectivity index is 1.34. The fourth-order valence-corrected chi connectivity index (χ4v) is 5.65. The van der Waals surface area contributed by atoms with Crippen LogP contribution in [0.25, 0.3) is 11.0 Å². The number of aliphatic hydroxyl groups excluding tert-OH is 1. The van der Waals surface area contributed by atoms with Crippen LogP contribution in [0.4, 0.5) is 0 Å². The fourth-order valence-electron chi connectivity index (χ4n) is 4.92. The largest absolute Gasteiger partial charge is 0.393 e. The summed E-state index contributed by atoms with van der Waals surface area (Å²) >= 11 is 3.65. The molecule has 1 N–H and O–H groups in total. The van der Waals surface area contributed by atoms with Crippen molar-refractivity contribution in [2.45, 2.75) is 56.6 Å². The van der Waals surface area contributed by atoms with Crippen molar-refractivity contribution < 1.29 is 14.7 Å². The number of nitrogens with zero attached hydrogens (tertiary/aromatic N) is 4. The number of aryl methyl sites for hydroxylation is 1. The summed E-state index contributed by atoms with van der Waals surface area (Å²) < 4.78 is 2.79. The number of benzene rings is 1. The van der Waals surface area contributed by atoms with Crippen LogP contribution in [0.1, 0.15) is 60.6 Å². The highest BCUT2D eigenvalue weighted by molar-refractivity contribution is 9.10. The van der Waals surface area contributed by atoms with Crippen molar-refractivity contribution in [1.82, 2.24) is 19.4 Å². The lowest BCUT2D eigenvalue weighted by molar-refractivity contribution is -0.138. The Kier molecular flexibility index (Phi) is 5.09. The zero-order chi connectivity index (χ0) is 21.0. The van der Waals surface area contributed by atoms with Crippen LogP contribution >= 0.6 is 15.9 Å². The van der Waals surface area contributed by atoms with Gasteiger partial charge in [0.1, 0.15) is 6.54 Å². The molecule has 8 heteroatoms. The van der Waals surface area contributed by atoms with Crippen molar-refractivity contribution in [3.63, 3.8) is 0 Å². The van der Waals surface area contributed by atoms with E-state index in [1.165, 1.54) is 18.4 Å². The average molecular weight is 475 g/mol. The molecular weight excluding hydrogens is 448 g/mol. The molecular formula is C22H27BrN4O3. The molecule has 2 aromatic rings. The van der Waals surface area contributed by atoms with Crippen molar-refractivity contribution in [2.24, 2.45) is 7.05 Å². The highest BCUT2D eigenvalue weighted by Gasteiger charge is 2.35. The smallest absolute Gasteiger partial charge is 0.290 e. The van der Waals surface area contributed by atoms with Gasteiger partial charge in [-0.25, -0.2) is 4.98 Å². The Hall–Kier alpha value is -1.93. The summed E-state index contributed by atoms with van der Waals surface area (Å²) in [5, 5.41) is 9.72. The van der Waals surface area contributed by atoms with Crippen LogP contribution in [0, 0.1) is 0 Å². The van der Waals surface area contributed by atoms with Gasteiger partial charge in [0, 0.05) is 30.7 Å². The Morgan fingerprint density at radius 2 is 1.87 bits per heavy atom. The van der Waals surface area contributed by atoms with E-state index < -0.39 is 0 Å². The minimum Gasteiger partial charge on any atom is -0.393 e. The van der Waals surface area contributed by atoms with Crippen LogP contribution in [0.2, 0.25) is 0 Å². The van der Waals surface area contributed by atoms with Crippen molar-refractivity contribution in [2.75, 3.05) is 19.6 Å². The summed E-state index contributed by atoms with van der Waals surface area (Å²) in [5.41, 5.74) is 3.00.